The number of nitrogens with one attached hydrogen (secondary N) is 1. The van der Waals surface area contributed by atoms with Crippen LogP contribution in [0.15, 0.2) is 18.3 Å². The highest BCUT2D eigenvalue weighted by Crippen LogP contribution is 2.10. The van der Waals surface area contributed by atoms with Crippen LogP contribution in [0.2, 0.25) is 0 Å². The summed E-state index contributed by atoms with van der Waals surface area (Å²) in [6.07, 6.45) is 2.63. The molecular formula is C15H24N4O2. The zero-order chi connectivity index (χ0) is 15.1. The van der Waals surface area contributed by atoms with Crippen molar-refractivity contribution in [1.82, 2.24) is 14.8 Å². The molecule has 0 saturated carbocycles. The molecule has 6 nitrogen and oxygen atoms in total. The van der Waals surface area contributed by atoms with E-state index in [1.54, 1.807) is 12.3 Å². The normalized spacial score (nSPS) is 16.6. The Morgan fingerprint density at radius 3 is 2.86 bits per heavy atom. The lowest BCUT2D eigenvalue weighted by atomic mass is 10.3. The summed E-state index contributed by atoms with van der Waals surface area (Å²) in [5, 5.41) is 12.2. The van der Waals surface area contributed by atoms with E-state index in [1.165, 1.54) is 0 Å². The van der Waals surface area contributed by atoms with Crippen LogP contribution in [-0.4, -0.2) is 71.7 Å². The number of hydrogen-bond acceptors (Lipinski definition) is 5. The molecule has 2 rings (SSSR count). The third-order valence-electron chi connectivity index (χ3n) is 3.66. The van der Waals surface area contributed by atoms with Crippen molar-refractivity contribution in [1.29, 1.82) is 0 Å². The van der Waals surface area contributed by atoms with Gasteiger partial charge in [0.1, 0.15) is 5.69 Å². The molecule has 0 unspecified atom stereocenters. The SMILES string of the molecule is CCNc1ccc(C(=O)N2CCCN(CCO)CC2)nc1. The van der Waals surface area contributed by atoms with Gasteiger partial charge < -0.3 is 15.3 Å². The van der Waals surface area contributed by atoms with Crippen LogP contribution in [0.4, 0.5) is 5.69 Å². The fourth-order valence-electron chi connectivity index (χ4n) is 2.53. The van der Waals surface area contributed by atoms with E-state index in [0.717, 1.165) is 38.3 Å². The van der Waals surface area contributed by atoms with Gasteiger partial charge in [0.2, 0.25) is 0 Å². The Morgan fingerprint density at radius 2 is 2.19 bits per heavy atom. The summed E-state index contributed by atoms with van der Waals surface area (Å²) >= 11 is 0. The standard InChI is InChI=1S/C15H24N4O2/c1-2-16-13-4-5-14(17-12-13)15(21)19-7-3-6-18(8-9-19)10-11-20/h4-5,12,16,20H,2-3,6-11H2,1H3. The van der Waals surface area contributed by atoms with Gasteiger partial charge in [0.05, 0.1) is 18.5 Å². The zero-order valence-electron chi connectivity index (χ0n) is 12.6. The molecule has 6 heteroatoms. The van der Waals surface area contributed by atoms with Crippen molar-refractivity contribution in [2.75, 3.05) is 51.2 Å². The average Bonchev–Trinajstić information content (AvgIpc) is 2.74. The molecule has 0 atom stereocenters. The number of pyridine rings is 1. The highest BCUT2D eigenvalue weighted by Gasteiger charge is 2.20. The van der Waals surface area contributed by atoms with Crippen LogP contribution >= 0.6 is 0 Å². The first-order valence-electron chi connectivity index (χ1n) is 7.57. The second kappa shape index (κ2) is 7.95. The van der Waals surface area contributed by atoms with Gasteiger partial charge in [-0.2, -0.15) is 0 Å². The van der Waals surface area contributed by atoms with Crippen LogP contribution in [0.5, 0.6) is 0 Å². The maximum atomic E-state index is 12.5. The van der Waals surface area contributed by atoms with E-state index in [2.05, 4.69) is 15.2 Å². The van der Waals surface area contributed by atoms with Gasteiger partial charge in [-0.1, -0.05) is 0 Å². The van der Waals surface area contributed by atoms with Gasteiger partial charge in [-0.25, -0.2) is 4.98 Å². The maximum absolute atomic E-state index is 12.5. The van der Waals surface area contributed by atoms with E-state index < -0.39 is 0 Å². The predicted octanol–water partition coefficient (Wildman–Crippen LogP) is 0.654. The van der Waals surface area contributed by atoms with E-state index in [0.29, 0.717) is 18.8 Å². The molecule has 1 aliphatic rings. The van der Waals surface area contributed by atoms with E-state index in [4.69, 9.17) is 5.11 Å². The molecule has 0 aromatic carbocycles. The van der Waals surface area contributed by atoms with Gasteiger partial charge in [-0.3, -0.25) is 9.69 Å². The quantitative estimate of drug-likeness (QED) is 0.834. The Balaban J connectivity index is 1.95. The molecule has 1 aliphatic heterocycles. The smallest absolute Gasteiger partial charge is 0.272 e. The number of carbonyl (C=O) groups excluding carboxylic acids is 1. The molecule has 2 heterocycles. The molecule has 1 aromatic heterocycles. The van der Waals surface area contributed by atoms with Crippen molar-refractivity contribution in [3.8, 4) is 0 Å². The fraction of sp³-hybridized carbons (Fsp3) is 0.600. The van der Waals surface area contributed by atoms with Gasteiger partial charge in [-0.05, 0) is 32.0 Å². The summed E-state index contributed by atoms with van der Waals surface area (Å²) in [5.74, 6) is -0.0103. The van der Waals surface area contributed by atoms with E-state index in [1.807, 2.05) is 17.9 Å². The fourth-order valence-corrected chi connectivity index (χ4v) is 2.53. The Bertz CT molecular complexity index is 449. The summed E-state index contributed by atoms with van der Waals surface area (Å²) in [6.45, 7) is 6.88. The molecule has 0 radical (unpaired) electrons. The Kier molecular flexibility index (Phi) is 5.95. The predicted molar refractivity (Wildman–Crippen MR) is 82.4 cm³/mol. The largest absolute Gasteiger partial charge is 0.395 e. The second-order valence-corrected chi connectivity index (χ2v) is 5.17. The molecule has 116 valence electrons. The van der Waals surface area contributed by atoms with Crippen LogP contribution < -0.4 is 5.32 Å². The van der Waals surface area contributed by atoms with Gasteiger partial charge in [0, 0.05) is 32.7 Å². The van der Waals surface area contributed by atoms with E-state index in [-0.39, 0.29) is 12.5 Å². The number of anilines is 1. The van der Waals surface area contributed by atoms with Crippen molar-refractivity contribution >= 4 is 11.6 Å². The Labute approximate surface area is 125 Å². The van der Waals surface area contributed by atoms with E-state index in [9.17, 15) is 4.79 Å². The second-order valence-electron chi connectivity index (χ2n) is 5.17. The van der Waals surface area contributed by atoms with Gasteiger partial charge in [0.15, 0.2) is 0 Å². The first-order chi connectivity index (χ1) is 10.2. The Morgan fingerprint density at radius 1 is 1.33 bits per heavy atom. The number of β-amino-alcohol motifs (C(OH)–C–C–N with tert-alkyl or cyclic N) is 1. The first kappa shape index (κ1) is 15.7. The molecule has 0 bridgehead atoms. The third-order valence-corrected chi connectivity index (χ3v) is 3.66. The minimum atomic E-state index is -0.0103. The summed E-state index contributed by atoms with van der Waals surface area (Å²) in [6, 6.07) is 3.66. The zero-order valence-corrected chi connectivity index (χ0v) is 12.6. The molecule has 0 spiro atoms. The number of aromatic nitrogens is 1. The summed E-state index contributed by atoms with van der Waals surface area (Å²) in [4.78, 5) is 20.8. The summed E-state index contributed by atoms with van der Waals surface area (Å²) < 4.78 is 0. The van der Waals surface area contributed by atoms with Crippen LogP contribution in [0.25, 0.3) is 0 Å². The van der Waals surface area contributed by atoms with Gasteiger partial charge >= 0.3 is 0 Å². The van der Waals surface area contributed by atoms with Crippen LogP contribution in [0.1, 0.15) is 23.8 Å². The van der Waals surface area contributed by atoms with E-state index >= 15 is 0 Å². The molecule has 1 aromatic rings. The van der Waals surface area contributed by atoms with Gasteiger partial charge in [-0.15, -0.1) is 0 Å². The van der Waals surface area contributed by atoms with Crippen molar-refractivity contribution in [2.24, 2.45) is 0 Å². The Hall–Kier alpha value is -1.66. The molecule has 21 heavy (non-hydrogen) atoms. The molecular weight excluding hydrogens is 268 g/mol. The summed E-state index contributed by atoms with van der Waals surface area (Å²) in [5.41, 5.74) is 1.42. The minimum absolute atomic E-state index is 0.0103. The van der Waals surface area contributed by atoms with Crippen LogP contribution in [0.3, 0.4) is 0 Å². The molecule has 1 amide bonds. The molecule has 1 saturated heterocycles. The highest BCUT2D eigenvalue weighted by molar-refractivity contribution is 5.92. The first-order valence-corrected chi connectivity index (χ1v) is 7.57. The number of hydrogen-bond donors (Lipinski definition) is 2. The number of aliphatic hydroxyl groups is 1. The van der Waals surface area contributed by atoms with Crippen LogP contribution in [0, 0.1) is 0 Å². The minimum Gasteiger partial charge on any atom is -0.395 e. The number of amides is 1. The molecule has 0 aliphatic carbocycles. The highest BCUT2D eigenvalue weighted by atomic mass is 16.3. The van der Waals surface area contributed by atoms with Crippen molar-refractivity contribution in [3.63, 3.8) is 0 Å². The number of aliphatic hydroxyl groups excluding tert-OH is 1. The lowest BCUT2D eigenvalue weighted by Gasteiger charge is -2.21. The lowest BCUT2D eigenvalue weighted by molar-refractivity contribution is 0.0754. The average molecular weight is 292 g/mol. The topological polar surface area (TPSA) is 68.7 Å². The van der Waals surface area contributed by atoms with Crippen molar-refractivity contribution < 1.29 is 9.90 Å². The third kappa shape index (κ3) is 4.41. The summed E-state index contributed by atoms with van der Waals surface area (Å²) in [7, 11) is 0. The number of carbonyl (C=O) groups is 1. The molecule has 2 N–H and O–H groups in total. The maximum Gasteiger partial charge on any atom is 0.272 e. The van der Waals surface area contributed by atoms with Gasteiger partial charge in [0.25, 0.3) is 5.91 Å². The van der Waals surface area contributed by atoms with Crippen LogP contribution in [-0.2, 0) is 0 Å². The number of nitrogens with zero attached hydrogens (tertiary/aromatic N) is 3. The van der Waals surface area contributed by atoms with Crippen molar-refractivity contribution in [3.05, 3.63) is 24.0 Å². The number of rotatable bonds is 5. The molecule has 1 fully saturated rings. The lowest BCUT2D eigenvalue weighted by Crippen LogP contribution is -2.36. The monoisotopic (exact) mass is 292 g/mol. The van der Waals surface area contributed by atoms with Crippen molar-refractivity contribution in [2.45, 2.75) is 13.3 Å².